The Morgan fingerprint density at radius 2 is 1.96 bits per heavy atom. The average molecular weight is 367 g/mol. The first-order valence-electron chi connectivity index (χ1n) is 7.43. The lowest BCUT2D eigenvalue weighted by molar-refractivity contribution is -0.297. The third-order valence-electron chi connectivity index (χ3n) is 3.54. The summed E-state index contributed by atoms with van der Waals surface area (Å²) in [7, 11) is 2.67. The van der Waals surface area contributed by atoms with E-state index in [2.05, 4.69) is 9.72 Å². The lowest BCUT2D eigenvalue weighted by atomic mass is 10.0. The summed E-state index contributed by atoms with van der Waals surface area (Å²) >= 11 is 6.19. The summed E-state index contributed by atoms with van der Waals surface area (Å²) in [6.45, 7) is -0.503. The van der Waals surface area contributed by atoms with E-state index < -0.39 is 12.1 Å². The van der Waals surface area contributed by atoms with Crippen molar-refractivity contribution < 1.29 is 24.4 Å². The molecule has 25 heavy (non-hydrogen) atoms. The number of rotatable bonds is 8. The summed E-state index contributed by atoms with van der Waals surface area (Å²) in [6, 6.07) is 10.6. The number of methoxy groups -OCH3 is 1. The highest BCUT2D eigenvalue weighted by atomic mass is 35.5. The maximum atomic E-state index is 11.6. The zero-order valence-corrected chi connectivity index (χ0v) is 14.6. The third-order valence-corrected chi connectivity index (χ3v) is 3.86. The molecule has 0 spiro atoms. The number of aliphatic hydroxyl groups excluding tert-OH is 1. The number of benzene rings is 1. The first-order valence-corrected chi connectivity index (χ1v) is 7.81. The van der Waals surface area contributed by atoms with Crippen LogP contribution in [0.1, 0.15) is 17.2 Å². The molecule has 8 heteroatoms. The molecular weight excluding hydrogens is 348 g/mol. The highest BCUT2D eigenvalue weighted by Crippen LogP contribution is 2.35. The molecule has 2 aromatic rings. The fourth-order valence-electron chi connectivity index (χ4n) is 2.39. The molecule has 0 saturated carbocycles. The second-order valence-electron chi connectivity index (χ2n) is 5.00. The Bertz CT molecular complexity index is 713. The molecular formula is C17H19ClN2O5. The van der Waals surface area contributed by atoms with Gasteiger partial charge in [0, 0.05) is 23.0 Å². The number of para-hydroxylation sites is 1. The monoisotopic (exact) mass is 366 g/mol. The fraction of sp³-hybridized carbons (Fsp3) is 0.294. The number of nitrogens with zero attached hydrogens (tertiary/aromatic N) is 2. The quantitative estimate of drug-likeness (QED) is 0.252. The number of aromatic nitrogens is 1. The number of carbonyl (C=O) groups is 1. The molecule has 1 atom stereocenters. The Balaban J connectivity index is 2.48. The number of esters is 1. The van der Waals surface area contributed by atoms with Crippen molar-refractivity contribution in [3.63, 3.8) is 0 Å². The van der Waals surface area contributed by atoms with Gasteiger partial charge in [-0.05, 0) is 12.1 Å². The number of anilines is 1. The molecule has 0 aliphatic rings. The van der Waals surface area contributed by atoms with Crippen molar-refractivity contribution in [3.05, 3.63) is 58.9 Å². The maximum absolute atomic E-state index is 11.6. The maximum Gasteiger partial charge on any atom is 0.325 e. The van der Waals surface area contributed by atoms with Crippen molar-refractivity contribution in [1.82, 2.24) is 4.98 Å². The van der Waals surface area contributed by atoms with E-state index in [-0.39, 0.29) is 18.4 Å². The van der Waals surface area contributed by atoms with Gasteiger partial charge in [0.25, 0.3) is 0 Å². The van der Waals surface area contributed by atoms with Crippen LogP contribution >= 0.6 is 11.6 Å². The van der Waals surface area contributed by atoms with Gasteiger partial charge in [0.05, 0.1) is 14.2 Å². The number of aliphatic hydroxyl groups is 1. The van der Waals surface area contributed by atoms with E-state index in [9.17, 15) is 9.90 Å². The number of halogens is 1. The van der Waals surface area contributed by atoms with Crippen molar-refractivity contribution in [1.29, 1.82) is 0 Å². The van der Waals surface area contributed by atoms with Gasteiger partial charge in [-0.15, -0.1) is 0 Å². The summed E-state index contributed by atoms with van der Waals surface area (Å²) in [4.78, 5) is 27.4. The van der Waals surface area contributed by atoms with Crippen LogP contribution in [0.25, 0.3) is 0 Å². The van der Waals surface area contributed by atoms with Crippen molar-refractivity contribution in [2.45, 2.75) is 6.10 Å². The molecule has 0 aliphatic heterocycles. The number of carbonyl (C=O) groups excluding carboxylic acids is 1. The zero-order chi connectivity index (χ0) is 18.2. The van der Waals surface area contributed by atoms with E-state index in [0.29, 0.717) is 16.8 Å². The summed E-state index contributed by atoms with van der Waals surface area (Å²) in [5.74, 6) is -0.479. The van der Waals surface area contributed by atoms with Crippen molar-refractivity contribution >= 4 is 23.3 Å². The largest absolute Gasteiger partial charge is 0.468 e. The molecule has 0 bridgehead atoms. The molecule has 7 nitrogen and oxygen atoms in total. The summed E-state index contributed by atoms with van der Waals surface area (Å²) in [5.41, 5.74) is 1.82. The van der Waals surface area contributed by atoms with Crippen LogP contribution < -0.4 is 4.90 Å². The minimum Gasteiger partial charge on any atom is -0.468 e. The van der Waals surface area contributed by atoms with Crippen LogP contribution in [0, 0.1) is 0 Å². The molecule has 0 amide bonds. The lowest BCUT2D eigenvalue weighted by Crippen LogP contribution is -2.32. The molecule has 0 radical (unpaired) electrons. The van der Waals surface area contributed by atoms with Crippen LogP contribution in [0.4, 0.5) is 5.69 Å². The highest BCUT2D eigenvalue weighted by Gasteiger charge is 2.25. The Kier molecular flexibility index (Phi) is 7.15. The van der Waals surface area contributed by atoms with Gasteiger partial charge in [-0.3, -0.25) is 4.79 Å². The van der Waals surface area contributed by atoms with Crippen LogP contribution in [0.3, 0.4) is 0 Å². The fourth-order valence-corrected chi connectivity index (χ4v) is 2.61. The summed E-state index contributed by atoms with van der Waals surface area (Å²) in [6.07, 6.45) is 0.868. The van der Waals surface area contributed by atoms with E-state index in [4.69, 9.17) is 21.4 Å². The first-order chi connectivity index (χ1) is 12.1. The van der Waals surface area contributed by atoms with E-state index in [1.807, 2.05) is 6.07 Å². The van der Waals surface area contributed by atoms with Crippen LogP contribution in [0.5, 0.6) is 0 Å². The molecule has 0 saturated heterocycles. The van der Waals surface area contributed by atoms with Crippen LogP contribution in [-0.4, -0.2) is 43.6 Å². The predicted octanol–water partition coefficient (Wildman–Crippen LogP) is 2.33. The molecule has 0 fully saturated rings. The summed E-state index contributed by atoms with van der Waals surface area (Å²) in [5, 5.41) is 9.96. The molecule has 0 aliphatic carbocycles. The number of pyridine rings is 1. The minimum absolute atomic E-state index is 0.121. The predicted molar refractivity (Wildman–Crippen MR) is 92.1 cm³/mol. The smallest absolute Gasteiger partial charge is 0.325 e. The van der Waals surface area contributed by atoms with Gasteiger partial charge in [0.1, 0.15) is 24.5 Å². The Hall–Kier alpha value is -2.19. The zero-order valence-electron chi connectivity index (χ0n) is 13.9. The number of hydrogen-bond acceptors (Lipinski definition) is 7. The molecule has 1 heterocycles. The molecule has 1 aromatic heterocycles. The van der Waals surface area contributed by atoms with Crippen LogP contribution in [0.2, 0.25) is 5.15 Å². The van der Waals surface area contributed by atoms with Crippen LogP contribution in [-0.2, 0) is 19.3 Å². The normalized spacial score (nSPS) is 11.8. The van der Waals surface area contributed by atoms with E-state index in [1.54, 1.807) is 36.5 Å². The number of ether oxygens (including phenoxy) is 1. The molecule has 1 aromatic carbocycles. The Morgan fingerprint density at radius 3 is 2.60 bits per heavy atom. The van der Waals surface area contributed by atoms with Gasteiger partial charge in [-0.25, -0.2) is 14.8 Å². The van der Waals surface area contributed by atoms with Crippen LogP contribution in [0.15, 0.2) is 42.6 Å². The topological polar surface area (TPSA) is 81.1 Å². The van der Waals surface area contributed by atoms with Gasteiger partial charge in [-0.2, -0.15) is 0 Å². The van der Waals surface area contributed by atoms with Crippen molar-refractivity contribution in [2.75, 3.05) is 32.4 Å². The number of hydrogen-bond donors (Lipinski definition) is 1. The second kappa shape index (κ2) is 9.33. The van der Waals surface area contributed by atoms with Gasteiger partial charge in [0.15, 0.2) is 0 Å². The molecule has 134 valence electrons. The SMILES string of the molecule is COOC(c1ccccc1N(CO)CC(=O)OC)c1cccnc1Cl. The molecule has 2 rings (SSSR count). The Morgan fingerprint density at radius 1 is 1.24 bits per heavy atom. The minimum atomic E-state index is -0.700. The third kappa shape index (κ3) is 4.67. The van der Waals surface area contributed by atoms with Gasteiger partial charge >= 0.3 is 5.97 Å². The van der Waals surface area contributed by atoms with Gasteiger partial charge in [-0.1, -0.05) is 35.9 Å². The van der Waals surface area contributed by atoms with Gasteiger partial charge in [0.2, 0.25) is 0 Å². The van der Waals surface area contributed by atoms with E-state index in [0.717, 1.165) is 0 Å². The molecule has 1 N–H and O–H groups in total. The van der Waals surface area contributed by atoms with E-state index in [1.165, 1.54) is 19.1 Å². The molecule has 1 unspecified atom stereocenters. The first kappa shape index (κ1) is 19.1. The lowest BCUT2D eigenvalue weighted by Gasteiger charge is -2.27. The standard InChI is InChI=1S/C17H19ClN2O5/c1-23-15(22)10-20(11-21)14-8-4-3-6-12(14)16(25-24-2)13-7-5-9-19-17(13)18/h3-9,16,21H,10-11H2,1-2H3. The summed E-state index contributed by atoms with van der Waals surface area (Å²) < 4.78 is 4.68. The highest BCUT2D eigenvalue weighted by molar-refractivity contribution is 6.30. The van der Waals surface area contributed by atoms with E-state index >= 15 is 0 Å². The van der Waals surface area contributed by atoms with Crippen molar-refractivity contribution in [3.8, 4) is 0 Å². The second-order valence-corrected chi connectivity index (χ2v) is 5.36. The average Bonchev–Trinajstić information content (AvgIpc) is 2.65. The van der Waals surface area contributed by atoms with Gasteiger partial charge < -0.3 is 14.7 Å². The Labute approximate surface area is 150 Å². The van der Waals surface area contributed by atoms with Crippen molar-refractivity contribution in [2.24, 2.45) is 0 Å².